The maximum absolute atomic E-state index is 13.6. The van der Waals surface area contributed by atoms with Crippen molar-refractivity contribution in [3.05, 3.63) is 0 Å². The Morgan fingerprint density at radius 1 is 1.14 bits per heavy atom. The molecule has 1 atom stereocenters. The Morgan fingerprint density at radius 3 is 2.10 bits per heavy atom. The van der Waals surface area contributed by atoms with Gasteiger partial charge in [-0.05, 0) is 71.5 Å². The summed E-state index contributed by atoms with van der Waals surface area (Å²) in [6.07, 6.45) is 1.61. The van der Waals surface area contributed by atoms with Crippen LogP contribution in [0.1, 0.15) is 87.0 Å². The molecule has 0 spiro atoms. The zero-order valence-electron chi connectivity index (χ0n) is 20.0. The van der Waals surface area contributed by atoms with Gasteiger partial charge in [0.2, 0.25) is 5.92 Å². The summed E-state index contributed by atoms with van der Waals surface area (Å²) < 4.78 is 39.1. The highest BCUT2D eigenvalue weighted by molar-refractivity contribution is 6.74. The molecule has 4 nitrogen and oxygen atoms in total. The van der Waals surface area contributed by atoms with E-state index >= 15 is 0 Å². The van der Waals surface area contributed by atoms with Crippen molar-refractivity contribution >= 4 is 14.4 Å². The van der Waals surface area contributed by atoms with E-state index in [0.29, 0.717) is 19.4 Å². The minimum Gasteiger partial charge on any atom is -0.444 e. The predicted molar refractivity (Wildman–Crippen MR) is 117 cm³/mol. The fourth-order valence-electron chi connectivity index (χ4n) is 3.37. The highest BCUT2D eigenvalue weighted by atomic mass is 28.4. The van der Waals surface area contributed by atoms with Crippen LogP contribution in [0.4, 0.5) is 13.6 Å². The van der Waals surface area contributed by atoms with Crippen molar-refractivity contribution in [2.24, 2.45) is 0 Å². The summed E-state index contributed by atoms with van der Waals surface area (Å²) in [6, 6.07) is -0.180. The number of hydrogen-bond acceptors (Lipinski definition) is 3. The summed E-state index contributed by atoms with van der Waals surface area (Å²) in [5.74, 6) is -2.61. The van der Waals surface area contributed by atoms with Gasteiger partial charge in [-0.1, -0.05) is 20.8 Å². The van der Waals surface area contributed by atoms with Crippen LogP contribution in [0.2, 0.25) is 18.1 Å². The topological polar surface area (TPSA) is 38.8 Å². The molecule has 172 valence electrons. The van der Waals surface area contributed by atoms with E-state index < -0.39 is 25.9 Å². The number of hydrogen-bond donors (Lipinski definition) is 0. The molecule has 0 heterocycles. The normalized spacial score (nSPS) is 19.7. The smallest absolute Gasteiger partial charge is 0.410 e. The lowest BCUT2D eigenvalue weighted by Gasteiger charge is -2.39. The van der Waals surface area contributed by atoms with E-state index in [-0.39, 0.29) is 30.0 Å². The van der Waals surface area contributed by atoms with Gasteiger partial charge in [-0.3, -0.25) is 0 Å². The zero-order valence-corrected chi connectivity index (χ0v) is 21.0. The van der Waals surface area contributed by atoms with E-state index in [9.17, 15) is 13.6 Å². The number of carbonyl (C=O) groups is 1. The van der Waals surface area contributed by atoms with Crippen LogP contribution in [-0.2, 0) is 9.16 Å². The molecule has 1 saturated carbocycles. The minimum absolute atomic E-state index is 0.104. The summed E-state index contributed by atoms with van der Waals surface area (Å²) in [4.78, 5) is 14.4. The van der Waals surface area contributed by atoms with Gasteiger partial charge in [-0.2, -0.15) is 0 Å². The van der Waals surface area contributed by atoms with Gasteiger partial charge in [0, 0.05) is 31.5 Å². The first kappa shape index (κ1) is 26.3. The van der Waals surface area contributed by atoms with Crippen molar-refractivity contribution in [3.8, 4) is 0 Å². The number of amides is 1. The lowest BCUT2D eigenvalue weighted by atomic mass is 9.91. The first-order valence-electron chi connectivity index (χ1n) is 11.0. The number of ether oxygens (including phenoxy) is 1. The molecule has 1 aliphatic carbocycles. The summed E-state index contributed by atoms with van der Waals surface area (Å²) in [5, 5.41) is 0.150. The van der Waals surface area contributed by atoms with Crippen molar-refractivity contribution in [1.82, 2.24) is 4.90 Å². The van der Waals surface area contributed by atoms with Crippen LogP contribution >= 0.6 is 0 Å². The first-order chi connectivity index (χ1) is 12.9. The van der Waals surface area contributed by atoms with Crippen LogP contribution in [0.25, 0.3) is 0 Å². The quantitative estimate of drug-likeness (QED) is 0.404. The number of alkyl halides is 2. The van der Waals surface area contributed by atoms with E-state index in [4.69, 9.17) is 9.16 Å². The van der Waals surface area contributed by atoms with Crippen LogP contribution in [0.15, 0.2) is 0 Å². The molecule has 0 N–H and O–H groups in total. The molecule has 1 amide bonds. The number of halogens is 2. The minimum atomic E-state index is -2.61. The van der Waals surface area contributed by atoms with Gasteiger partial charge < -0.3 is 14.1 Å². The van der Waals surface area contributed by atoms with Gasteiger partial charge in [0.15, 0.2) is 8.32 Å². The van der Waals surface area contributed by atoms with Crippen LogP contribution in [0, 0.1) is 0 Å². The van der Waals surface area contributed by atoms with Crippen LogP contribution in [0.3, 0.4) is 0 Å². The molecule has 0 bridgehead atoms. The lowest BCUT2D eigenvalue weighted by molar-refractivity contribution is -0.0573. The Hall–Kier alpha value is -0.693. The van der Waals surface area contributed by atoms with Gasteiger partial charge >= 0.3 is 6.09 Å². The number of nitrogens with zero attached hydrogens (tertiary/aromatic N) is 1. The van der Waals surface area contributed by atoms with E-state index in [1.54, 1.807) is 4.90 Å². The molecule has 0 saturated heterocycles. The molecule has 1 fully saturated rings. The molecule has 7 heteroatoms. The van der Waals surface area contributed by atoms with Gasteiger partial charge in [-0.25, -0.2) is 13.6 Å². The predicted octanol–water partition coefficient (Wildman–Crippen LogP) is 6.99. The summed E-state index contributed by atoms with van der Waals surface area (Å²) >= 11 is 0. The third-order valence-corrected chi connectivity index (χ3v) is 10.7. The molecule has 0 aromatic rings. The second kappa shape index (κ2) is 9.63. The standard InChI is InChI=1S/C22H43F2NO3Si/c1-17(28-29(8,9)21(5,6)7)11-10-16-25(19(26)27-20(2,3)4)18-12-14-22(23,24)15-13-18/h17-18H,10-16H2,1-9H3/t17-/m0/s1. The van der Waals surface area contributed by atoms with Crippen molar-refractivity contribution in [1.29, 1.82) is 0 Å². The van der Waals surface area contributed by atoms with E-state index in [2.05, 4.69) is 40.8 Å². The second-order valence-corrected chi connectivity index (χ2v) is 15.8. The van der Waals surface area contributed by atoms with Gasteiger partial charge in [0.1, 0.15) is 5.60 Å². The summed E-state index contributed by atoms with van der Waals surface area (Å²) in [6.45, 7) is 19.2. The Balaban J connectivity index is 2.69. The van der Waals surface area contributed by atoms with Crippen molar-refractivity contribution in [2.75, 3.05) is 6.54 Å². The largest absolute Gasteiger partial charge is 0.444 e. The average molecular weight is 436 g/mol. The van der Waals surface area contributed by atoms with Gasteiger partial charge in [0.25, 0.3) is 0 Å². The summed E-state index contributed by atoms with van der Waals surface area (Å²) in [5.41, 5.74) is -0.604. The van der Waals surface area contributed by atoms with Crippen molar-refractivity contribution < 1.29 is 22.7 Å². The van der Waals surface area contributed by atoms with E-state index in [1.165, 1.54) is 0 Å². The van der Waals surface area contributed by atoms with Crippen LogP contribution in [0.5, 0.6) is 0 Å². The fourth-order valence-corrected chi connectivity index (χ4v) is 4.85. The number of carbonyl (C=O) groups excluding carboxylic acids is 1. The molecular weight excluding hydrogens is 392 g/mol. The molecular formula is C22H43F2NO3Si. The molecule has 0 radical (unpaired) electrons. The van der Waals surface area contributed by atoms with E-state index in [0.717, 1.165) is 12.8 Å². The molecule has 0 unspecified atom stereocenters. The average Bonchev–Trinajstić information content (AvgIpc) is 2.48. The highest BCUT2D eigenvalue weighted by Gasteiger charge is 2.40. The van der Waals surface area contributed by atoms with Crippen molar-refractivity contribution in [3.63, 3.8) is 0 Å². The Bertz CT molecular complexity index is 531. The molecule has 0 aromatic heterocycles. The Labute approximate surface area is 177 Å². The van der Waals surface area contributed by atoms with Crippen molar-refractivity contribution in [2.45, 2.75) is 129 Å². The van der Waals surface area contributed by atoms with Gasteiger partial charge in [0.05, 0.1) is 0 Å². The number of rotatable bonds is 7. The summed E-state index contributed by atoms with van der Waals surface area (Å²) in [7, 11) is -1.84. The fraction of sp³-hybridized carbons (Fsp3) is 0.955. The SMILES string of the molecule is C[C@@H](CCCN(C(=O)OC(C)(C)C)C1CCC(F)(F)CC1)O[Si](C)(C)C(C)(C)C. The zero-order chi connectivity index (χ0) is 22.7. The van der Waals surface area contributed by atoms with Gasteiger partial charge in [-0.15, -0.1) is 0 Å². The third kappa shape index (κ3) is 8.91. The molecule has 0 aliphatic heterocycles. The molecule has 29 heavy (non-hydrogen) atoms. The van der Waals surface area contributed by atoms with E-state index in [1.807, 2.05) is 20.8 Å². The molecule has 1 rings (SSSR count). The van der Waals surface area contributed by atoms with Crippen LogP contribution < -0.4 is 0 Å². The molecule has 1 aliphatic rings. The Kier molecular flexibility index (Phi) is 8.74. The van der Waals surface area contributed by atoms with Crippen LogP contribution in [-0.4, -0.2) is 49.5 Å². The highest BCUT2D eigenvalue weighted by Crippen LogP contribution is 2.38. The maximum atomic E-state index is 13.6. The first-order valence-corrected chi connectivity index (χ1v) is 13.9. The monoisotopic (exact) mass is 435 g/mol. The maximum Gasteiger partial charge on any atom is 0.410 e. The molecule has 0 aromatic carbocycles. The Morgan fingerprint density at radius 2 is 1.66 bits per heavy atom. The third-order valence-electron chi connectivity index (χ3n) is 6.07. The lowest BCUT2D eigenvalue weighted by Crippen LogP contribution is -2.47. The second-order valence-electron chi connectivity index (χ2n) is 11.1.